The lowest BCUT2D eigenvalue weighted by Gasteiger charge is -2.11. The molecule has 1 fully saturated rings. The molecule has 0 bridgehead atoms. The van der Waals surface area contributed by atoms with Gasteiger partial charge in [-0.1, -0.05) is 6.07 Å². The van der Waals surface area contributed by atoms with Crippen LogP contribution in [0.25, 0.3) is 11.5 Å². The van der Waals surface area contributed by atoms with Gasteiger partial charge in [0, 0.05) is 23.1 Å². The van der Waals surface area contributed by atoms with Gasteiger partial charge in [-0.3, -0.25) is 0 Å². The molecule has 0 atom stereocenters. The first-order chi connectivity index (χ1) is 10.1. The zero-order valence-electron chi connectivity index (χ0n) is 13.0. The van der Waals surface area contributed by atoms with Gasteiger partial charge >= 0.3 is 0 Å². The molecule has 0 saturated heterocycles. The van der Waals surface area contributed by atoms with Crippen LogP contribution in [0.15, 0.2) is 18.2 Å². The first kappa shape index (κ1) is 14.1. The van der Waals surface area contributed by atoms with Crippen LogP contribution >= 0.6 is 0 Å². The van der Waals surface area contributed by atoms with Crippen LogP contribution in [0.2, 0.25) is 0 Å². The molecule has 2 aromatic rings. The highest BCUT2D eigenvalue weighted by Gasteiger charge is 2.20. The van der Waals surface area contributed by atoms with Gasteiger partial charge in [0.05, 0.1) is 0 Å². The average molecular weight is 282 g/mol. The molecule has 0 aromatic carbocycles. The van der Waals surface area contributed by atoms with Crippen molar-refractivity contribution in [1.82, 2.24) is 20.3 Å². The Hall–Kier alpha value is -1.81. The zero-order valence-corrected chi connectivity index (χ0v) is 13.0. The number of hydrogen-bond donors (Lipinski definition) is 1. The number of nitrogens with zero attached hydrogens (tertiary/aromatic N) is 3. The molecule has 1 aliphatic carbocycles. The summed E-state index contributed by atoms with van der Waals surface area (Å²) in [5.74, 6) is 0.729. The van der Waals surface area contributed by atoms with Crippen molar-refractivity contribution in [3.8, 4) is 11.5 Å². The van der Waals surface area contributed by atoms with Crippen LogP contribution in [0.3, 0.4) is 0 Å². The molecule has 21 heavy (non-hydrogen) atoms. The van der Waals surface area contributed by atoms with E-state index in [9.17, 15) is 0 Å². The van der Waals surface area contributed by atoms with Gasteiger partial charge < -0.3 is 5.32 Å². The Morgan fingerprint density at radius 2 is 1.76 bits per heavy atom. The Labute approximate surface area is 126 Å². The van der Waals surface area contributed by atoms with Crippen molar-refractivity contribution in [2.75, 3.05) is 6.54 Å². The average Bonchev–Trinajstić information content (AvgIpc) is 3.26. The van der Waals surface area contributed by atoms with Gasteiger partial charge in [0.2, 0.25) is 0 Å². The van der Waals surface area contributed by atoms with Gasteiger partial charge in [0.1, 0.15) is 5.69 Å². The van der Waals surface area contributed by atoms with Crippen LogP contribution in [0.4, 0.5) is 0 Å². The molecule has 1 N–H and O–H groups in total. The van der Waals surface area contributed by atoms with Gasteiger partial charge in [-0.05, 0) is 64.3 Å². The summed E-state index contributed by atoms with van der Waals surface area (Å²) < 4.78 is 0. The first-order valence-corrected chi connectivity index (χ1v) is 7.65. The fourth-order valence-corrected chi connectivity index (χ4v) is 2.57. The lowest BCUT2D eigenvalue weighted by atomic mass is 10.1. The second-order valence-electron chi connectivity index (χ2n) is 5.84. The third-order valence-corrected chi connectivity index (χ3v) is 3.92. The second kappa shape index (κ2) is 5.90. The Balaban J connectivity index is 1.81. The number of aryl methyl sites for hydroxylation is 3. The molecular weight excluding hydrogens is 260 g/mol. The highest BCUT2D eigenvalue weighted by Crippen LogP contribution is 2.20. The van der Waals surface area contributed by atoms with Crippen LogP contribution in [0, 0.1) is 20.8 Å². The molecule has 0 spiro atoms. The number of rotatable bonds is 5. The monoisotopic (exact) mass is 282 g/mol. The standard InChI is InChI=1S/C17H22N4/c1-11-5-4-6-16(19-11)17-20-12(2)15(13(3)21-17)9-10-18-14-7-8-14/h4-6,14,18H,7-10H2,1-3H3. The Kier molecular flexibility index (Phi) is 3.97. The first-order valence-electron chi connectivity index (χ1n) is 7.65. The Morgan fingerprint density at radius 3 is 2.38 bits per heavy atom. The normalized spacial score (nSPS) is 14.4. The minimum absolute atomic E-state index is 0.729. The number of hydrogen-bond acceptors (Lipinski definition) is 4. The van der Waals surface area contributed by atoms with Crippen molar-refractivity contribution in [3.05, 3.63) is 40.8 Å². The van der Waals surface area contributed by atoms with Gasteiger partial charge in [0.15, 0.2) is 5.82 Å². The minimum Gasteiger partial charge on any atom is -0.314 e. The summed E-state index contributed by atoms with van der Waals surface area (Å²) in [5.41, 5.74) is 5.24. The smallest absolute Gasteiger partial charge is 0.178 e. The predicted octanol–water partition coefficient (Wildman–Crippen LogP) is 2.76. The molecule has 2 heterocycles. The van der Waals surface area contributed by atoms with Crippen LogP contribution < -0.4 is 5.32 Å². The highest BCUT2D eigenvalue weighted by molar-refractivity contribution is 5.50. The van der Waals surface area contributed by atoms with Gasteiger partial charge in [-0.2, -0.15) is 0 Å². The van der Waals surface area contributed by atoms with Gasteiger partial charge in [-0.15, -0.1) is 0 Å². The maximum atomic E-state index is 4.66. The van der Waals surface area contributed by atoms with E-state index in [2.05, 4.69) is 34.1 Å². The maximum absolute atomic E-state index is 4.66. The lowest BCUT2D eigenvalue weighted by Crippen LogP contribution is -2.20. The zero-order chi connectivity index (χ0) is 14.8. The molecule has 110 valence electrons. The summed E-state index contributed by atoms with van der Waals surface area (Å²) >= 11 is 0. The van der Waals surface area contributed by atoms with Crippen molar-refractivity contribution in [1.29, 1.82) is 0 Å². The molecule has 0 radical (unpaired) electrons. The van der Waals surface area contributed by atoms with E-state index >= 15 is 0 Å². The molecule has 0 aliphatic heterocycles. The molecule has 3 rings (SSSR count). The molecule has 2 aromatic heterocycles. The van der Waals surface area contributed by atoms with Crippen molar-refractivity contribution < 1.29 is 0 Å². The molecule has 1 aliphatic rings. The van der Waals surface area contributed by atoms with Crippen molar-refractivity contribution in [2.45, 2.75) is 46.1 Å². The summed E-state index contributed by atoms with van der Waals surface area (Å²) in [6.45, 7) is 7.14. The molecule has 4 nitrogen and oxygen atoms in total. The molecule has 0 unspecified atom stereocenters. The maximum Gasteiger partial charge on any atom is 0.178 e. The van der Waals surface area contributed by atoms with E-state index in [0.717, 1.165) is 47.6 Å². The summed E-state index contributed by atoms with van der Waals surface area (Å²) in [6, 6.07) is 6.71. The van der Waals surface area contributed by atoms with E-state index < -0.39 is 0 Å². The van der Waals surface area contributed by atoms with Crippen molar-refractivity contribution in [3.63, 3.8) is 0 Å². The van der Waals surface area contributed by atoms with E-state index in [4.69, 9.17) is 0 Å². The molecule has 1 saturated carbocycles. The van der Waals surface area contributed by atoms with E-state index in [-0.39, 0.29) is 0 Å². The number of nitrogens with one attached hydrogen (secondary N) is 1. The van der Waals surface area contributed by atoms with E-state index in [1.807, 2.05) is 25.1 Å². The van der Waals surface area contributed by atoms with E-state index in [1.54, 1.807) is 0 Å². The van der Waals surface area contributed by atoms with Crippen LogP contribution in [0.1, 0.15) is 35.5 Å². The lowest BCUT2D eigenvalue weighted by molar-refractivity contribution is 0.675. The van der Waals surface area contributed by atoms with Crippen molar-refractivity contribution in [2.24, 2.45) is 0 Å². The fourth-order valence-electron chi connectivity index (χ4n) is 2.57. The highest BCUT2D eigenvalue weighted by atomic mass is 15.0. The molecule has 0 amide bonds. The molecular formula is C17H22N4. The molecule has 4 heteroatoms. The predicted molar refractivity (Wildman–Crippen MR) is 84.2 cm³/mol. The fraction of sp³-hybridized carbons (Fsp3) is 0.471. The topological polar surface area (TPSA) is 50.7 Å². The summed E-state index contributed by atoms with van der Waals surface area (Å²) in [7, 11) is 0. The number of pyridine rings is 1. The third kappa shape index (κ3) is 3.45. The summed E-state index contributed by atoms with van der Waals surface area (Å²) in [5, 5.41) is 3.55. The van der Waals surface area contributed by atoms with Crippen LogP contribution in [-0.2, 0) is 6.42 Å². The van der Waals surface area contributed by atoms with Gasteiger partial charge in [0.25, 0.3) is 0 Å². The Bertz CT molecular complexity index is 624. The van der Waals surface area contributed by atoms with E-state index in [0.29, 0.717) is 0 Å². The van der Waals surface area contributed by atoms with Crippen LogP contribution in [0.5, 0.6) is 0 Å². The number of aromatic nitrogens is 3. The summed E-state index contributed by atoms with van der Waals surface area (Å²) in [6.07, 6.45) is 3.65. The Morgan fingerprint density at radius 1 is 1.05 bits per heavy atom. The van der Waals surface area contributed by atoms with Crippen molar-refractivity contribution >= 4 is 0 Å². The SMILES string of the molecule is Cc1cccc(-c2nc(C)c(CCNC3CC3)c(C)n2)n1. The van der Waals surface area contributed by atoms with E-state index in [1.165, 1.54) is 18.4 Å². The minimum atomic E-state index is 0.729. The van der Waals surface area contributed by atoms with Crippen LogP contribution in [-0.4, -0.2) is 27.5 Å². The second-order valence-corrected chi connectivity index (χ2v) is 5.84. The quantitative estimate of drug-likeness (QED) is 0.916. The van der Waals surface area contributed by atoms with Gasteiger partial charge in [-0.25, -0.2) is 15.0 Å². The third-order valence-electron chi connectivity index (χ3n) is 3.92. The summed E-state index contributed by atoms with van der Waals surface area (Å²) in [4.78, 5) is 13.8. The largest absolute Gasteiger partial charge is 0.314 e.